The lowest BCUT2D eigenvalue weighted by atomic mass is 10.1. The Kier molecular flexibility index (Phi) is 3.85. The number of nitrogens with zero attached hydrogens (tertiary/aromatic N) is 2. The minimum atomic E-state index is -0.0467. The van der Waals surface area contributed by atoms with Crippen LogP contribution in [0.2, 0.25) is 0 Å². The fourth-order valence-electron chi connectivity index (χ4n) is 1.38. The predicted molar refractivity (Wildman–Crippen MR) is 59.7 cm³/mol. The van der Waals surface area contributed by atoms with Crippen molar-refractivity contribution in [1.82, 2.24) is 15.1 Å². The summed E-state index contributed by atoms with van der Waals surface area (Å²) in [5.74, 6) is -0.0324. The molecular weight excluding hydrogens is 192 g/mol. The Hall–Kier alpha value is -1.36. The van der Waals surface area contributed by atoms with Gasteiger partial charge in [-0.15, -0.1) is 0 Å². The van der Waals surface area contributed by atoms with E-state index in [1.54, 1.807) is 10.9 Å². The van der Waals surface area contributed by atoms with Crippen LogP contribution >= 0.6 is 0 Å². The zero-order valence-electron chi connectivity index (χ0n) is 9.66. The number of anilines is 1. The van der Waals surface area contributed by atoms with E-state index in [0.29, 0.717) is 6.54 Å². The normalized spacial score (nSPS) is 12.5. The number of hydrogen-bond donors (Lipinski definition) is 2. The second-order valence-corrected chi connectivity index (χ2v) is 3.75. The largest absolute Gasteiger partial charge is 0.323 e. The molecule has 1 amide bonds. The third-order valence-electron chi connectivity index (χ3n) is 2.23. The van der Waals surface area contributed by atoms with Gasteiger partial charge >= 0.3 is 0 Å². The lowest BCUT2D eigenvalue weighted by Gasteiger charge is -2.10. The van der Waals surface area contributed by atoms with Gasteiger partial charge in [-0.25, -0.2) is 0 Å². The smallest absolute Gasteiger partial charge is 0.228 e. The summed E-state index contributed by atoms with van der Waals surface area (Å²) in [4.78, 5) is 11.7. The Bertz CT molecular complexity index is 345. The Morgan fingerprint density at radius 1 is 1.67 bits per heavy atom. The molecule has 0 saturated carbocycles. The van der Waals surface area contributed by atoms with Crippen LogP contribution in [0.3, 0.4) is 0 Å². The first-order valence-corrected chi connectivity index (χ1v) is 5.00. The molecular formula is C10H18N4O. The van der Waals surface area contributed by atoms with E-state index in [0.717, 1.165) is 11.4 Å². The molecule has 1 unspecified atom stereocenters. The molecule has 1 rings (SSSR count). The van der Waals surface area contributed by atoms with Crippen LogP contribution in [0, 0.1) is 12.8 Å². The third-order valence-corrected chi connectivity index (χ3v) is 2.23. The molecule has 0 spiro atoms. The van der Waals surface area contributed by atoms with Crippen LogP contribution < -0.4 is 10.6 Å². The standard InChI is InChI=1S/C10H18N4O/c1-7(5-11-3)10(15)12-9-6-14(4)13-8(9)2/h6-7,11H,5H2,1-4H3,(H,12,15). The van der Waals surface area contributed by atoms with Crippen molar-refractivity contribution in [2.45, 2.75) is 13.8 Å². The fraction of sp³-hybridized carbons (Fsp3) is 0.600. The number of nitrogens with one attached hydrogen (secondary N) is 2. The van der Waals surface area contributed by atoms with Crippen molar-refractivity contribution in [2.24, 2.45) is 13.0 Å². The minimum absolute atomic E-state index is 0.0143. The van der Waals surface area contributed by atoms with Crippen LogP contribution in [0.4, 0.5) is 5.69 Å². The van der Waals surface area contributed by atoms with Crippen LogP contribution in [-0.2, 0) is 11.8 Å². The van der Waals surface area contributed by atoms with Crippen LogP contribution in [-0.4, -0.2) is 29.3 Å². The van der Waals surface area contributed by atoms with E-state index in [1.165, 1.54) is 0 Å². The van der Waals surface area contributed by atoms with Gasteiger partial charge < -0.3 is 10.6 Å². The molecule has 0 aliphatic heterocycles. The highest BCUT2D eigenvalue weighted by molar-refractivity contribution is 5.92. The summed E-state index contributed by atoms with van der Waals surface area (Å²) in [6.07, 6.45) is 1.80. The van der Waals surface area contributed by atoms with E-state index in [-0.39, 0.29) is 11.8 Å². The van der Waals surface area contributed by atoms with Gasteiger partial charge in [0.2, 0.25) is 5.91 Å². The van der Waals surface area contributed by atoms with Crippen molar-refractivity contribution in [3.63, 3.8) is 0 Å². The molecule has 0 saturated heterocycles. The molecule has 0 radical (unpaired) electrons. The second kappa shape index (κ2) is 4.93. The first-order valence-electron chi connectivity index (χ1n) is 5.00. The molecule has 84 valence electrons. The van der Waals surface area contributed by atoms with Crippen molar-refractivity contribution in [1.29, 1.82) is 0 Å². The van der Waals surface area contributed by atoms with E-state index < -0.39 is 0 Å². The number of aromatic nitrogens is 2. The summed E-state index contributed by atoms with van der Waals surface area (Å²) in [6, 6.07) is 0. The van der Waals surface area contributed by atoms with Crippen LogP contribution in [0.5, 0.6) is 0 Å². The topological polar surface area (TPSA) is 59.0 Å². The van der Waals surface area contributed by atoms with Crippen molar-refractivity contribution >= 4 is 11.6 Å². The van der Waals surface area contributed by atoms with E-state index in [1.807, 2.05) is 27.9 Å². The van der Waals surface area contributed by atoms with Crippen LogP contribution in [0.15, 0.2) is 6.20 Å². The first kappa shape index (κ1) is 11.7. The van der Waals surface area contributed by atoms with Crippen LogP contribution in [0.1, 0.15) is 12.6 Å². The van der Waals surface area contributed by atoms with E-state index in [9.17, 15) is 4.79 Å². The molecule has 5 nitrogen and oxygen atoms in total. The van der Waals surface area contributed by atoms with Gasteiger partial charge in [0.1, 0.15) is 0 Å². The average Bonchev–Trinajstić information content (AvgIpc) is 2.45. The van der Waals surface area contributed by atoms with Gasteiger partial charge in [-0.05, 0) is 14.0 Å². The molecule has 0 fully saturated rings. The number of rotatable bonds is 4. The summed E-state index contributed by atoms with van der Waals surface area (Å²) in [5, 5.41) is 9.98. The maximum atomic E-state index is 11.7. The number of aryl methyl sites for hydroxylation is 2. The van der Waals surface area contributed by atoms with Gasteiger partial charge in [0, 0.05) is 25.7 Å². The minimum Gasteiger partial charge on any atom is -0.323 e. The highest BCUT2D eigenvalue weighted by Gasteiger charge is 2.13. The van der Waals surface area contributed by atoms with E-state index in [4.69, 9.17) is 0 Å². The van der Waals surface area contributed by atoms with Gasteiger partial charge in [-0.1, -0.05) is 6.92 Å². The number of carbonyl (C=O) groups excluding carboxylic acids is 1. The average molecular weight is 210 g/mol. The highest BCUT2D eigenvalue weighted by atomic mass is 16.1. The summed E-state index contributed by atoms with van der Waals surface area (Å²) in [7, 11) is 3.67. The van der Waals surface area contributed by atoms with Gasteiger partial charge in [0.15, 0.2) is 0 Å². The molecule has 1 heterocycles. The number of carbonyl (C=O) groups is 1. The Morgan fingerprint density at radius 3 is 2.80 bits per heavy atom. The maximum Gasteiger partial charge on any atom is 0.228 e. The van der Waals surface area contributed by atoms with Gasteiger partial charge in [0.05, 0.1) is 11.4 Å². The molecule has 15 heavy (non-hydrogen) atoms. The Balaban J connectivity index is 2.62. The lowest BCUT2D eigenvalue weighted by Crippen LogP contribution is -2.28. The quantitative estimate of drug-likeness (QED) is 0.762. The van der Waals surface area contributed by atoms with E-state index in [2.05, 4.69) is 15.7 Å². The maximum absolute atomic E-state index is 11.7. The van der Waals surface area contributed by atoms with Gasteiger partial charge in [0.25, 0.3) is 0 Å². The fourth-order valence-corrected chi connectivity index (χ4v) is 1.38. The highest BCUT2D eigenvalue weighted by Crippen LogP contribution is 2.12. The Labute approximate surface area is 89.9 Å². The van der Waals surface area contributed by atoms with Crippen LogP contribution in [0.25, 0.3) is 0 Å². The van der Waals surface area contributed by atoms with Gasteiger partial charge in [-0.3, -0.25) is 9.48 Å². The molecule has 0 aliphatic rings. The summed E-state index contributed by atoms with van der Waals surface area (Å²) >= 11 is 0. The molecule has 5 heteroatoms. The predicted octanol–water partition coefficient (Wildman–Crippen LogP) is 0.523. The van der Waals surface area contributed by atoms with E-state index >= 15 is 0 Å². The summed E-state index contributed by atoms with van der Waals surface area (Å²) < 4.78 is 1.69. The molecule has 0 aromatic carbocycles. The van der Waals surface area contributed by atoms with Crippen molar-refractivity contribution in [3.05, 3.63) is 11.9 Å². The molecule has 0 aliphatic carbocycles. The lowest BCUT2D eigenvalue weighted by molar-refractivity contribution is -0.119. The third kappa shape index (κ3) is 3.06. The molecule has 1 atom stereocenters. The van der Waals surface area contributed by atoms with Crippen molar-refractivity contribution in [3.8, 4) is 0 Å². The van der Waals surface area contributed by atoms with Crippen molar-refractivity contribution < 1.29 is 4.79 Å². The zero-order chi connectivity index (χ0) is 11.4. The van der Waals surface area contributed by atoms with Gasteiger partial charge in [-0.2, -0.15) is 5.10 Å². The zero-order valence-corrected chi connectivity index (χ0v) is 9.66. The number of hydrogen-bond acceptors (Lipinski definition) is 3. The monoisotopic (exact) mass is 210 g/mol. The molecule has 0 bridgehead atoms. The second-order valence-electron chi connectivity index (χ2n) is 3.75. The molecule has 2 N–H and O–H groups in total. The number of amides is 1. The summed E-state index contributed by atoms with van der Waals surface area (Å²) in [5.41, 5.74) is 1.62. The Morgan fingerprint density at radius 2 is 2.33 bits per heavy atom. The molecule has 1 aromatic heterocycles. The molecule has 1 aromatic rings. The first-order chi connectivity index (χ1) is 7.04. The summed E-state index contributed by atoms with van der Waals surface area (Å²) in [6.45, 7) is 4.43. The SMILES string of the molecule is CNCC(C)C(=O)Nc1cn(C)nc1C. The van der Waals surface area contributed by atoms with Crippen molar-refractivity contribution in [2.75, 3.05) is 18.9 Å².